The summed E-state index contributed by atoms with van der Waals surface area (Å²) >= 11 is 0. The third-order valence-electron chi connectivity index (χ3n) is 3.20. The van der Waals surface area contributed by atoms with Crippen LogP contribution < -0.4 is 5.32 Å². The van der Waals surface area contributed by atoms with E-state index in [2.05, 4.69) is 5.32 Å². The molecule has 0 fully saturated rings. The maximum absolute atomic E-state index is 12.2. The van der Waals surface area contributed by atoms with Crippen molar-refractivity contribution in [2.45, 2.75) is 20.3 Å². The molecule has 1 amide bonds. The van der Waals surface area contributed by atoms with E-state index in [1.807, 2.05) is 32.0 Å². The van der Waals surface area contributed by atoms with Crippen molar-refractivity contribution in [3.63, 3.8) is 0 Å². The molecule has 2 rings (SSSR count). The van der Waals surface area contributed by atoms with Gasteiger partial charge in [-0.2, -0.15) is 0 Å². The predicted molar refractivity (Wildman–Crippen MR) is 78.3 cm³/mol. The maximum Gasteiger partial charge on any atom is 0.259 e. The topological polar surface area (TPSA) is 69.6 Å². The number of nitrogens with one attached hydrogen (secondary N) is 1. The summed E-state index contributed by atoms with van der Waals surface area (Å²) in [6.07, 6.45) is 0.795. The molecule has 0 saturated heterocycles. The molecule has 0 saturated carbocycles. The molecule has 0 aromatic heterocycles. The first-order valence-corrected chi connectivity index (χ1v) is 6.44. The number of phenols is 2. The molecular weight excluding hydrogens is 254 g/mol. The maximum atomic E-state index is 12.2. The van der Waals surface area contributed by atoms with Crippen molar-refractivity contribution in [3.8, 4) is 11.5 Å². The minimum absolute atomic E-state index is 0.0512. The molecule has 0 atom stereocenters. The van der Waals surface area contributed by atoms with E-state index >= 15 is 0 Å². The van der Waals surface area contributed by atoms with Gasteiger partial charge in [0, 0.05) is 5.69 Å². The van der Waals surface area contributed by atoms with E-state index in [1.54, 1.807) is 0 Å². The Kier molecular flexibility index (Phi) is 3.94. The van der Waals surface area contributed by atoms with Gasteiger partial charge in [-0.1, -0.05) is 25.1 Å². The van der Waals surface area contributed by atoms with Crippen LogP contribution in [0.3, 0.4) is 0 Å². The van der Waals surface area contributed by atoms with Crippen molar-refractivity contribution in [2.24, 2.45) is 0 Å². The lowest BCUT2D eigenvalue weighted by Crippen LogP contribution is -2.14. The van der Waals surface area contributed by atoms with E-state index in [4.69, 9.17) is 0 Å². The normalized spacial score (nSPS) is 10.3. The Labute approximate surface area is 117 Å². The zero-order valence-corrected chi connectivity index (χ0v) is 11.5. The van der Waals surface area contributed by atoms with Gasteiger partial charge in [0.15, 0.2) is 0 Å². The number of amides is 1. The first-order chi connectivity index (χ1) is 9.52. The van der Waals surface area contributed by atoms with E-state index < -0.39 is 5.91 Å². The average Bonchev–Trinajstić information content (AvgIpc) is 2.43. The molecule has 0 radical (unpaired) electrons. The molecule has 104 valence electrons. The third-order valence-corrected chi connectivity index (χ3v) is 3.20. The molecule has 2 aromatic carbocycles. The van der Waals surface area contributed by atoms with E-state index in [0.29, 0.717) is 0 Å². The molecule has 0 aliphatic carbocycles. The van der Waals surface area contributed by atoms with Gasteiger partial charge in [0.25, 0.3) is 5.91 Å². The molecule has 0 unspecified atom stereocenters. The van der Waals surface area contributed by atoms with Gasteiger partial charge in [0.2, 0.25) is 0 Å². The molecule has 0 aliphatic rings. The van der Waals surface area contributed by atoms with Crippen LogP contribution in [0.2, 0.25) is 0 Å². The summed E-state index contributed by atoms with van der Waals surface area (Å²) in [4.78, 5) is 12.2. The van der Waals surface area contributed by atoms with Crippen LogP contribution in [-0.4, -0.2) is 16.1 Å². The van der Waals surface area contributed by atoms with Crippen LogP contribution in [0.4, 0.5) is 5.69 Å². The number of para-hydroxylation sites is 1. The molecule has 4 nitrogen and oxygen atoms in total. The van der Waals surface area contributed by atoms with Crippen LogP contribution in [0.1, 0.15) is 28.4 Å². The summed E-state index contributed by atoms with van der Waals surface area (Å²) in [7, 11) is 0. The van der Waals surface area contributed by atoms with Crippen LogP contribution >= 0.6 is 0 Å². The van der Waals surface area contributed by atoms with Gasteiger partial charge in [-0.25, -0.2) is 0 Å². The van der Waals surface area contributed by atoms with Crippen molar-refractivity contribution < 1.29 is 15.0 Å². The zero-order valence-electron chi connectivity index (χ0n) is 11.5. The highest BCUT2D eigenvalue weighted by Gasteiger charge is 2.14. The number of rotatable bonds is 3. The van der Waals surface area contributed by atoms with Gasteiger partial charge in [0.05, 0.1) is 5.56 Å². The first kappa shape index (κ1) is 13.9. The largest absolute Gasteiger partial charge is 0.508 e. The minimum atomic E-state index is -0.442. The molecule has 4 heteroatoms. The highest BCUT2D eigenvalue weighted by atomic mass is 16.3. The summed E-state index contributed by atoms with van der Waals surface area (Å²) in [5.41, 5.74) is 2.79. The molecule has 20 heavy (non-hydrogen) atoms. The molecule has 0 aliphatic heterocycles. The van der Waals surface area contributed by atoms with Gasteiger partial charge >= 0.3 is 0 Å². The first-order valence-electron chi connectivity index (χ1n) is 6.44. The quantitative estimate of drug-likeness (QED) is 0.751. The molecule has 0 heterocycles. The van der Waals surface area contributed by atoms with Crippen LogP contribution in [0.25, 0.3) is 0 Å². The second-order valence-electron chi connectivity index (χ2n) is 4.62. The van der Waals surface area contributed by atoms with Gasteiger partial charge in [-0.3, -0.25) is 4.79 Å². The summed E-state index contributed by atoms with van der Waals surface area (Å²) in [6, 6.07) is 9.67. The highest BCUT2D eigenvalue weighted by Crippen LogP contribution is 2.26. The van der Waals surface area contributed by atoms with Crippen molar-refractivity contribution in [2.75, 3.05) is 5.32 Å². The van der Waals surface area contributed by atoms with Crippen LogP contribution in [-0.2, 0) is 6.42 Å². The lowest BCUT2D eigenvalue weighted by Gasteiger charge is -2.13. The summed E-state index contributed by atoms with van der Waals surface area (Å²) in [5, 5.41) is 21.9. The lowest BCUT2D eigenvalue weighted by atomic mass is 10.1. The molecule has 3 N–H and O–H groups in total. The number of aryl methyl sites for hydroxylation is 2. The van der Waals surface area contributed by atoms with Crippen LogP contribution in [0.15, 0.2) is 36.4 Å². The Balaban J connectivity index is 2.35. The molecule has 0 bridgehead atoms. The van der Waals surface area contributed by atoms with Gasteiger partial charge in [-0.15, -0.1) is 0 Å². The Morgan fingerprint density at radius 2 is 1.95 bits per heavy atom. The van der Waals surface area contributed by atoms with Crippen molar-refractivity contribution in [1.82, 2.24) is 0 Å². The van der Waals surface area contributed by atoms with E-state index in [1.165, 1.54) is 18.2 Å². The number of aromatic hydroxyl groups is 2. The number of carbonyl (C=O) groups is 1. The monoisotopic (exact) mass is 271 g/mol. The second-order valence-corrected chi connectivity index (χ2v) is 4.62. The van der Waals surface area contributed by atoms with E-state index in [0.717, 1.165) is 23.2 Å². The molecular formula is C16H17NO3. The van der Waals surface area contributed by atoms with E-state index in [-0.39, 0.29) is 17.1 Å². The average molecular weight is 271 g/mol. The highest BCUT2D eigenvalue weighted by molar-refractivity contribution is 6.07. The Morgan fingerprint density at radius 1 is 1.20 bits per heavy atom. The lowest BCUT2D eigenvalue weighted by molar-refractivity contribution is 0.102. The fourth-order valence-electron chi connectivity index (χ4n) is 2.09. The summed E-state index contributed by atoms with van der Waals surface area (Å²) in [5.74, 6) is -0.664. The van der Waals surface area contributed by atoms with E-state index in [9.17, 15) is 15.0 Å². The summed E-state index contributed by atoms with van der Waals surface area (Å²) < 4.78 is 0. The predicted octanol–water partition coefficient (Wildman–Crippen LogP) is 3.22. The van der Waals surface area contributed by atoms with Gasteiger partial charge in [0.1, 0.15) is 11.5 Å². The van der Waals surface area contributed by atoms with Crippen LogP contribution in [0, 0.1) is 6.92 Å². The SMILES string of the molecule is CCc1cccc(C)c1NC(=O)c1cc(O)ccc1O. The number of phenolic OH excluding ortho intramolecular Hbond substituents is 2. The minimum Gasteiger partial charge on any atom is -0.508 e. The second kappa shape index (κ2) is 5.65. The summed E-state index contributed by atoms with van der Waals surface area (Å²) in [6.45, 7) is 3.92. The number of benzene rings is 2. The fraction of sp³-hybridized carbons (Fsp3) is 0.188. The van der Waals surface area contributed by atoms with Crippen LogP contribution in [0.5, 0.6) is 11.5 Å². The van der Waals surface area contributed by atoms with Crippen molar-refractivity contribution >= 4 is 11.6 Å². The third kappa shape index (κ3) is 2.74. The van der Waals surface area contributed by atoms with Gasteiger partial charge < -0.3 is 15.5 Å². The smallest absolute Gasteiger partial charge is 0.259 e. The molecule has 0 spiro atoms. The Morgan fingerprint density at radius 3 is 2.65 bits per heavy atom. The number of hydrogen-bond acceptors (Lipinski definition) is 3. The fourth-order valence-corrected chi connectivity index (χ4v) is 2.09. The standard InChI is InChI=1S/C16H17NO3/c1-3-11-6-4-5-10(2)15(11)17-16(20)13-9-12(18)7-8-14(13)19/h4-9,18-19H,3H2,1-2H3,(H,17,20). The Bertz CT molecular complexity index is 650. The van der Waals surface area contributed by atoms with Crippen molar-refractivity contribution in [1.29, 1.82) is 0 Å². The number of carbonyl (C=O) groups excluding carboxylic acids is 1. The molecule has 2 aromatic rings. The Hall–Kier alpha value is -2.49. The zero-order chi connectivity index (χ0) is 14.7. The van der Waals surface area contributed by atoms with Crippen molar-refractivity contribution in [3.05, 3.63) is 53.1 Å². The number of anilines is 1. The van der Waals surface area contributed by atoms with Gasteiger partial charge in [-0.05, 0) is 42.7 Å². The number of hydrogen-bond donors (Lipinski definition) is 3.